The minimum atomic E-state index is -1.05. The highest BCUT2D eigenvalue weighted by molar-refractivity contribution is 5.76. The number of nitrogens with one attached hydrogen (secondary N) is 1. The summed E-state index contributed by atoms with van der Waals surface area (Å²) >= 11 is 0. The molecule has 0 aliphatic carbocycles. The molecule has 0 aliphatic rings. The van der Waals surface area contributed by atoms with E-state index in [1.54, 1.807) is 13.2 Å². The summed E-state index contributed by atoms with van der Waals surface area (Å²) in [5.74, 6) is -0.512. The van der Waals surface area contributed by atoms with Crippen LogP contribution in [0, 0.1) is 0 Å². The van der Waals surface area contributed by atoms with Crippen molar-refractivity contribution in [2.45, 2.75) is 12.8 Å². The van der Waals surface area contributed by atoms with Crippen LogP contribution in [0.2, 0.25) is 0 Å². The lowest BCUT2D eigenvalue weighted by molar-refractivity contribution is -0.305. The summed E-state index contributed by atoms with van der Waals surface area (Å²) in [4.78, 5) is 17.6. The Morgan fingerprint density at radius 3 is 3.06 bits per heavy atom. The van der Waals surface area contributed by atoms with Gasteiger partial charge in [-0.05, 0) is 25.0 Å². The predicted octanol–water partition coefficient (Wildman–Crippen LogP) is 0.254. The summed E-state index contributed by atoms with van der Waals surface area (Å²) < 4.78 is 5.00. The predicted molar refractivity (Wildman–Crippen MR) is 56.0 cm³/mol. The molecule has 0 saturated carbocycles. The van der Waals surface area contributed by atoms with Gasteiger partial charge < -0.3 is 19.6 Å². The molecule has 5 heteroatoms. The molecule has 1 N–H and O–H groups in total. The fourth-order valence-corrected chi connectivity index (χ4v) is 1.53. The quantitative estimate of drug-likeness (QED) is 0.799. The molecule has 2 aromatic heterocycles. The van der Waals surface area contributed by atoms with E-state index in [1.165, 1.54) is 0 Å². The third-order valence-corrected chi connectivity index (χ3v) is 2.31. The van der Waals surface area contributed by atoms with E-state index < -0.39 is 5.97 Å². The number of nitrogens with zero attached hydrogens (tertiary/aromatic N) is 1. The lowest BCUT2D eigenvalue weighted by Crippen LogP contribution is -2.22. The Bertz CT molecular complexity index is 519. The van der Waals surface area contributed by atoms with Crippen LogP contribution in [0.3, 0.4) is 0 Å². The minimum absolute atomic E-state index is 0.00393. The maximum absolute atomic E-state index is 10.3. The number of hydrogen-bond acceptors (Lipinski definition) is 4. The van der Waals surface area contributed by atoms with Gasteiger partial charge in [0.05, 0.1) is 18.1 Å². The summed E-state index contributed by atoms with van der Waals surface area (Å²) in [6, 6.07) is 5.42. The van der Waals surface area contributed by atoms with Crippen molar-refractivity contribution in [2.75, 3.05) is 7.11 Å². The van der Waals surface area contributed by atoms with Crippen LogP contribution in [0.1, 0.15) is 12.1 Å². The maximum Gasteiger partial charge on any atom is 0.213 e. The summed E-state index contributed by atoms with van der Waals surface area (Å²) in [7, 11) is 1.55. The number of pyridine rings is 1. The largest absolute Gasteiger partial charge is 0.550 e. The molecule has 2 rings (SSSR count). The topological polar surface area (TPSA) is 78.0 Å². The van der Waals surface area contributed by atoms with Crippen LogP contribution in [0.5, 0.6) is 5.88 Å². The summed E-state index contributed by atoms with van der Waals surface area (Å²) in [5.41, 5.74) is 2.47. The highest BCUT2D eigenvalue weighted by atomic mass is 16.5. The number of carboxylic acids is 1. The molecule has 0 amide bonds. The minimum Gasteiger partial charge on any atom is -0.550 e. The first kappa shape index (κ1) is 10.5. The molecule has 0 aromatic carbocycles. The Morgan fingerprint density at radius 2 is 2.38 bits per heavy atom. The Morgan fingerprint density at radius 1 is 1.56 bits per heavy atom. The first-order valence-corrected chi connectivity index (χ1v) is 4.91. The highest BCUT2D eigenvalue weighted by Gasteiger charge is 2.03. The van der Waals surface area contributed by atoms with Crippen LogP contribution in [-0.4, -0.2) is 23.0 Å². The van der Waals surface area contributed by atoms with E-state index in [4.69, 9.17) is 4.74 Å². The second kappa shape index (κ2) is 4.22. The number of rotatable bonds is 4. The fraction of sp³-hybridized carbons (Fsp3) is 0.273. The number of hydrogen-bond donors (Lipinski definition) is 1. The fourth-order valence-electron chi connectivity index (χ4n) is 1.53. The van der Waals surface area contributed by atoms with Crippen molar-refractivity contribution < 1.29 is 14.6 Å². The zero-order chi connectivity index (χ0) is 11.5. The molecule has 2 aromatic rings. The number of aromatic nitrogens is 2. The molecule has 0 fully saturated rings. The number of aromatic amines is 1. The Balaban J connectivity index is 2.25. The van der Waals surface area contributed by atoms with Crippen LogP contribution >= 0.6 is 0 Å². The Kier molecular flexibility index (Phi) is 2.76. The van der Waals surface area contributed by atoms with Crippen LogP contribution in [0.25, 0.3) is 11.0 Å². The molecule has 0 atom stereocenters. The van der Waals surface area contributed by atoms with Gasteiger partial charge in [0.15, 0.2) is 0 Å². The zero-order valence-electron chi connectivity index (χ0n) is 8.82. The summed E-state index contributed by atoms with van der Waals surface area (Å²) in [6.07, 6.45) is 0.422. The number of ether oxygens (including phenoxy) is 1. The lowest BCUT2D eigenvalue weighted by Gasteiger charge is -1.98. The van der Waals surface area contributed by atoms with Crippen LogP contribution in [-0.2, 0) is 11.2 Å². The van der Waals surface area contributed by atoms with Crippen molar-refractivity contribution in [1.82, 2.24) is 9.97 Å². The Hall–Kier alpha value is -2.04. The first-order chi connectivity index (χ1) is 7.69. The number of carbonyl (C=O) groups is 1. The van der Waals surface area contributed by atoms with Gasteiger partial charge in [0, 0.05) is 17.7 Å². The monoisotopic (exact) mass is 219 g/mol. The summed E-state index contributed by atoms with van der Waals surface area (Å²) in [5, 5.41) is 10.3. The van der Waals surface area contributed by atoms with E-state index in [0.717, 1.165) is 16.7 Å². The smallest absolute Gasteiger partial charge is 0.213 e. The van der Waals surface area contributed by atoms with E-state index in [0.29, 0.717) is 12.3 Å². The van der Waals surface area contributed by atoms with Crippen molar-refractivity contribution in [3.8, 4) is 5.88 Å². The molecule has 0 spiro atoms. The number of methoxy groups -OCH3 is 1. The van der Waals surface area contributed by atoms with Crippen molar-refractivity contribution >= 4 is 17.0 Å². The third-order valence-electron chi connectivity index (χ3n) is 2.31. The SMILES string of the molecule is COc1ccc2[nH]c(CCC(=O)[O-])cc2n1. The van der Waals surface area contributed by atoms with Crippen LogP contribution in [0.15, 0.2) is 18.2 Å². The third kappa shape index (κ3) is 2.13. The van der Waals surface area contributed by atoms with Gasteiger partial charge in [0.2, 0.25) is 5.88 Å². The lowest BCUT2D eigenvalue weighted by atomic mass is 10.2. The average molecular weight is 219 g/mol. The number of fused-ring (bicyclic) bond motifs is 1. The van der Waals surface area contributed by atoms with Crippen LogP contribution in [0.4, 0.5) is 0 Å². The molecule has 2 heterocycles. The van der Waals surface area contributed by atoms with Gasteiger partial charge in [-0.25, -0.2) is 4.98 Å². The number of H-pyrrole nitrogens is 1. The molecule has 16 heavy (non-hydrogen) atoms. The van der Waals surface area contributed by atoms with Gasteiger partial charge in [0.1, 0.15) is 0 Å². The van der Waals surface area contributed by atoms with Crippen molar-refractivity contribution in [3.05, 3.63) is 23.9 Å². The molecule has 0 saturated heterocycles. The Labute approximate surface area is 92.1 Å². The molecular weight excluding hydrogens is 208 g/mol. The van der Waals surface area contributed by atoms with Gasteiger partial charge in [-0.2, -0.15) is 0 Å². The molecular formula is C11H11N2O3-. The first-order valence-electron chi connectivity index (χ1n) is 4.91. The van der Waals surface area contributed by atoms with Gasteiger partial charge in [-0.3, -0.25) is 0 Å². The molecule has 0 unspecified atom stereocenters. The van der Waals surface area contributed by atoms with Gasteiger partial charge in [-0.15, -0.1) is 0 Å². The second-order valence-electron chi connectivity index (χ2n) is 3.45. The molecule has 5 nitrogen and oxygen atoms in total. The van der Waals surface area contributed by atoms with E-state index in [9.17, 15) is 9.90 Å². The van der Waals surface area contributed by atoms with Gasteiger partial charge in [0.25, 0.3) is 0 Å². The number of aliphatic carboxylic acids is 1. The molecule has 84 valence electrons. The normalized spacial score (nSPS) is 10.6. The zero-order valence-corrected chi connectivity index (χ0v) is 8.82. The van der Waals surface area contributed by atoms with E-state index in [2.05, 4.69) is 9.97 Å². The number of carboxylic acid groups (broad SMARTS) is 1. The van der Waals surface area contributed by atoms with Gasteiger partial charge >= 0.3 is 0 Å². The number of carbonyl (C=O) groups excluding carboxylic acids is 1. The van der Waals surface area contributed by atoms with Crippen molar-refractivity contribution in [2.24, 2.45) is 0 Å². The van der Waals surface area contributed by atoms with Crippen molar-refractivity contribution in [1.29, 1.82) is 0 Å². The summed E-state index contributed by atoms with van der Waals surface area (Å²) in [6.45, 7) is 0. The van der Waals surface area contributed by atoms with E-state index in [-0.39, 0.29) is 6.42 Å². The van der Waals surface area contributed by atoms with E-state index in [1.807, 2.05) is 12.1 Å². The molecule has 0 radical (unpaired) electrons. The van der Waals surface area contributed by atoms with Crippen molar-refractivity contribution in [3.63, 3.8) is 0 Å². The number of aryl methyl sites for hydroxylation is 1. The average Bonchev–Trinajstić information content (AvgIpc) is 2.67. The second-order valence-corrected chi connectivity index (χ2v) is 3.45. The molecule has 0 bridgehead atoms. The van der Waals surface area contributed by atoms with Gasteiger partial charge in [-0.1, -0.05) is 0 Å². The molecule has 0 aliphatic heterocycles. The van der Waals surface area contributed by atoms with Crippen LogP contribution < -0.4 is 9.84 Å². The van der Waals surface area contributed by atoms with E-state index >= 15 is 0 Å². The highest BCUT2D eigenvalue weighted by Crippen LogP contribution is 2.17. The maximum atomic E-state index is 10.3. The standard InChI is InChI=1S/C11H12N2O3/c1-16-10-4-3-8-9(13-10)6-7(12-8)2-5-11(14)15/h3-4,6,12H,2,5H2,1H3,(H,14,15)/p-1.